The fraction of sp³-hybridized carbons (Fsp3) is 0.188. The predicted octanol–water partition coefficient (Wildman–Crippen LogP) is 4.38. The van der Waals surface area contributed by atoms with Gasteiger partial charge in [0.2, 0.25) is 5.91 Å². The molecule has 2 rings (SSSR count). The van der Waals surface area contributed by atoms with Crippen LogP contribution in [0, 0.1) is 10.1 Å². The molecule has 1 amide bonds. The zero-order chi connectivity index (χ0) is 17.5. The molecule has 2 aromatic carbocycles. The Kier molecular flexibility index (Phi) is 6.45. The highest BCUT2D eigenvalue weighted by molar-refractivity contribution is 7.99. The summed E-state index contributed by atoms with van der Waals surface area (Å²) in [6.07, 6.45) is 0.285. The van der Waals surface area contributed by atoms with Gasteiger partial charge in [-0.1, -0.05) is 11.6 Å². The molecule has 0 aromatic heterocycles. The van der Waals surface area contributed by atoms with E-state index >= 15 is 0 Å². The summed E-state index contributed by atoms with van der Waals surface area (Å²) in [4.78, 5) is 23.2. The fourth-order valence-electron chi connectivity index (χ4n) is 1.89. The summed E-state index contributed by atoms with van der Waals surface area (Å²) in [5.41, 5.74) is 0.118. The van der Waals surface area contributed by atoms with Gasteiger partial charge in [0.05, 0.1) is 12.0 Å². The van der Waals surface area contributed by atoms with Crippen molar-refractivity contribution in [2.45, 2.75) is 11.3 Å². The van der Waals surface area contributed by atoms with Crippen LogP contribution in [0.2, 0.25) is 5.02 Å². The lowest BCUT2D eigenvalue weighted by molar-refractivity contribution is -0.384. The number of methoxy groups -OCH3 is 1. The van der Waals surface area contributed by atoms with Gasteiger partial charge in [-0.05, 0) is 36.4 Å². The van der Waals surface area contributed by atoms with Crippen LogP contribution in [-0.4, -0.2) is 23.7 Å². The summed E-state index contributed by atoms with van der Waals surface area (Å²) in [6, 6.07) is 11.7. The van der Waals surface area contributed by atoms with Crippen molar-refractivity contribution in [1.82, 2.24) is 0 Å². The van der Waals surface area contributed by atoms with Crippen LogP contribution in [-0.2, 0) is 4.79 Å². The molecule has 0 saturated carbocycles. The van der Waals surface area contributed by atoms with Crippen molar-refractivity contribution in [2.75, 3.05) is 18.2 Å². The molecular formula is C16H15ClN2O4S. The summed E-state index contributed by atoms with van der Waals surface area (Å²) in [5, 5.41) is 13.5. The molecule has 0 radical (unpaired) electrons. The molecule has 0 aliphatic carbocycles. The first kappa shape index (κ1) is 18.1. The molecule has 0 bridgehead atoms. The Morgan fingerprint density at radius 2 is 2.00 bits per heavy atom. The van der Waals surface area contributed by atoms with Crippen LogP contribution < -0.4 is 10.1 Å². The molecule has 0 atom stereocenters. The Morgan fingerprint density at radius 3 is 2.62 bits per heavy atom. The Labute approximate surface area is 148 Å². The van der Waals surface area contributed by atoms with Crippen molar-refractivity contribution in [3.05, 3.63) is 57.6 Å². The molecule has 0 heterocycles. The summed E-state index contributed by atoms with van der Waals surface area (Å²) >= 11 is 7.28. The number of nitro benzene ring substituents is 1. The van der Waals surface area contributed by atoms with Crippen LogP contribution >= 0.6 is 23.4 Å². The van der Waals surface area contributed by atoms with Crippen molar-refractivity contribution < 1.29 is 14.5 Å². The average Bonchev–Trinajstić information content (AvgIpc) is 2.57. The zero-order valence-corrected chi connectivity index (χ0v) is 14.4. The molecule has 0 saturated heterocycles. The van der Waals surface area contributed by atoms with E-state index in [-0.39, 0.29) is 23.0 Å². The molecule has 0 aliphatic heterocycles. The minimum atomic E-state index is -0.586. The number of hydrogen-bond acceptors (Lipinski definition) is 5. The SMILES string of the molecule is COc1ccc(SCCC(=O)Nc2ccc(Cl)c([N+](=O)[O-])c2)cc1. The number of rotatable bonds is 7. The van der Waals surface area contributed by atoms with Crippen molar-refractivity contribution in [3.8, 4) is 5.75 Å². The van der Waals surface area contributed by atoms with Gasteiger partial charge in [0.1, 0.15) is 10.8 Å². The summed E-state index contributed by atoms with van der Waals surface area (Å²) in [5.74, 6) is 1.16. The van der Waals surface area contributed by atoms with E-state index in [1.807, 2.05) is 24.3 Å². The molecule has 1 N–H and O–H groups in total. The summed E-state index contributed by atoms with van der Waals surface area (Å²) < 4.78 is 5.08. The van der Waals surface area contributed by atoms with Crippen LogP contribution in [0.25, 0.3) is 0 Å². The first-order valence-electron chi connectivity index (χ1n) is 7.00. The molecule has 0 fully saturated rings. The summed E-state index contributed by atoms with van der Waals surface area (Å²) in [6.45, 7) is 0. The van der Waals surface area contributed by atoms with Crippen LogP contribution in [0.4, 0.5) is 11.4 Å². The number of benzene rings is 2. The van der Waals surface area contributed by atoms with Gasteiger partial charge in [-0.3, -0.25) is 14.9 Å². The molecular weight excluding hydrogens is 352 g/mol. The Bertz CT molecular complexity index is 737. The zero-order valence-electron chi connectivity index (χ0n) is 12.8. The second kappa shape index (κ2) is 8.56. The maximum atomic E-state index is 11.9. The van der Waals surface area contributed by atoms with E-state index in [4.69, 9.17) is 16.3 Å². The highest BCUT2D eigenvalue weighted by Crippen LogP contribution is 2.27. The van der Waals surface area contributed by atoms with E-state index in [2.05, 4.69) is 5.32 Å². The number of hydrogen-bond donors (Lipinski definition) is 1. The quantitative estimate of drug-likeness (QED) is 0.447. The average molecular weight is 367 g/mol. The van der Waals surface area contributed by atoms with E-state index in [1.165, 1.54) is 18.2 Å². The monoisotopic (exact) mass is 366 g/mol. The van der Waals surface area contributed by atoms with E-state index in [0.717, 1.165) is 10.6 Å². The minimum absolute atomic E-state index is 0.0352. The normalized spacial score (nSPS) is 10.2. The molecule has 0 aliphatic rings. The van der Waals surface area contributed by atoms with E-state index < -0.39 is 4.92 Å². The number of nitro groups is 1. The van der Waals surface area contributed by atoms with Crippen molar-refractivity contribution >= 4 is 40.6 Å². The Morgan fingerprint density at radius 1 is 1.29 bits per heavy atom. The van der Waals surface area contributed by atoms with Gasteiger partial charge in [0.15, 0.2) is 0 Å². The largest absolute Gasteiger partial charge is 0.497 e. The van der Waals surface area contributed by atoms with Crippen LogP contribution in [0.15, 0.2) is 47.4 Å². The number of anilines is 1. The van der Waals surface area contributed by atoms with E-state index in [9.17, 15) is 14.9 Å². The van der Waals surface area contributed by atoms with Crippen molar-refractivity contribution in [3.63, 3.8) is 0 Å². The second-order valence-corrected chi connectivity index (χ2v) is 6.32. The van der Waals surface area contributed by atoms with Gasteiger partial charge in [-0.15, -0.1) is 11.8 Å². The number of nitrogens with zero attached hydrogens (tertiary/aromatic N) is 1. The third-order valence-corrected chi connectivity index (χ3v) is 4.42. The lowest BCUT2D eigenvalue weighted by Crippen LogP contribution is -2.12. The highest BCUT2D eigenvalue weighted by atomic mass is 35.5. The molecule has 8 heteroatoms. The maximum absolute atomic E-state index is 11.9. The molecule has 126 valence electrons. The lowest BCUT2D eigenvalue weighted by atomic mass is 10.2. The minimum Gasteiger partial charge on any atom is -0.497 e. The smallest absolute Gasteiger partial charge is 0.289 e. The molecule has 6 nitrogen and oxygen atoms in total. The van der Waals surface area contributed by atoms with Gasteiger partial charge < -0.3 is 10.1 Å². The van der Waals surface area contributed by atoms with Gasteiger partial charge in [-0.25, -0.2) is 0 Å². The number of amides is 1. The molecule has 0 unspecified atom stereocenters. The predicted molar refractivity (Wildman–Crippen MR) is 95.1 cm³/mol. The second-order valence-electron chi connectivity index (χ2n) is 4.75. The van der Waals surface area contributed by atoms with Gasteiger partial charge in [0, 0.05) is 28.8 Å². The third kappa shape index (κ3) is 5.14. The first-order valence-corrected chi connectivity index (χ1v) is 8.36. The number of thioether (sulfide) groups is 1. The topological polar surface area (TPSA) is 81.5 Å². The number of carbonyl (C=O) groups is 1. The van der Waals surface area contributed by atoms with Crippen LogP contribution in [0.3, 0.4) is 0 Å². The van der Waals surface area contributed by atoms with E-state index in [1.54, 1.807) is 18.9 Å². The Balaban J connectivity index is 1.84. The molecule has 0 spiro atoms. The fourth-order valence-corrected chi connectivity index (χ4v) is 2.93. The number of halogens is 1. The maximum Gasteiger partial charge on any atom is 0.289 e. The lowest BCUT2D eigenvalue weighted by Gasteiger charge is -2.06. The number of ether oxygens (including phenoxy) is 1. The standard InChI is InChI=1S/C16H15ClN2O4S/c1-23-12-3-5-13(6-4-12)24-9-8-16(20)18-11-2-7-14(17)15(10-11)19(21)22/h2-7,10H,8-9H2,1H3,(H,18,20). The summed E-state index contributed by atoms with van der Waals surface area (Å²) in [7, 11) is 1.60. The van der Waals surface area contributed by atoms with Crippen LogP contribution in [0.1, 0.15) is 6.42 Å². The van der Waals surface area contributed by atoms with Crippen molar-refractivity contribution in [1.29, 1.82) is 0 Å². The number of carbonyl (C=O) groups excluding carboxylic acids is 1. The third-order valence-electron chi connectivity index (χ3n) is 3.08. The van der Waals surface area contributed by atoms with Gasteiger partial charge >= 0.3 is 0 Å². The Hall–Kier alpha value is -2.25. The molecule has 2 aromatic rings. The highest BCUT2D eigenvalue weighted by Gasteiger charge is 2.13. The van der Waals surface area contributed by atoms with Gasteiger partial charge in [-0.2, -0.15) is 0 Å². The van der Waals surface area contributed by atoms with Crippen molar-refractivity contribution in [2.24, 2.45) is 0 Å². The molecule has 24 heavy (non-hydrogen) atoms. The first-order chi connectivity index (χ1) is 11.5. The van der Waals surface area contributed by atoms with Gasteiger partial charge in [0.25, 0.3) is 5.69 Å². The number of nitrogens with one attached hydrogen (secondary N) is 1. The van der Waals surface area contributed by atoms with Crippen LogP contribution in [0.5, 0.6) is 5.75 Å². The van der Waals surface area contributed by atoms with E-state index in [0.29, 0.717) is 11.4 Å².